The molecule has 4 nitrogen and oxygen atoms in total. The molecule has 2 fully saturated rings. The fraction of sp³-hybridized carbons (Fsp3) is 0.611. The second kappa shape index (κ2) is 8.13. The summed E-state index contributed by atoms with van der Waals surface area (Å²) in [6.45, 7) is 4.26. The SMILES string of the molecule is O=C(NC[C@@H]1CCCO1)[C@@H]1CCCN(Cc2ccc(Cl)cc2)C1. The minimum absolute atomic E-state index is 0.0949. The molecular weight excluding hydrogens is 312 g/mol. The summed E-state index contributed by atoms with van der Waals surface area (Å²) in [5.74, 6) is 0.277. The molecule has 1 N–H and O–H groups in total. The number of rotatable bonds is 5. The van der Waals surface area contributed by atoms with E-state index in [2.05, 4.69) is 22.3 Å². The third-order valence-electron chi connectivity index (χ3n) is 4.72. The van der Waals surface area contributed by atoms with Crippen molar-refractivity contribution in [1.82, 2.24) is 10.2 Å². The smallest absolute Gasteiger partial charge is 0.224 e. The van der Waals surface area contributed by atoms with Gasteiger partial charge in [-0.2, -0.15) is 0 Å². The van der Waals surface area contributed by atoms with Gasteiger partial charge in [0.05, 0.1) is 12.0 Å². The highest BCUT2D eigenvalue weighted by atomic mass is 35.5. The first-order chi connectivity index (χ1) is 11.2. The Morgan fingerprint density at radius 3 is 2.83 bits per heavy atom. The predicted octanol–water partition coefficient (Wildman–Crippen LogP) is 2.85. The third-order valence-corrected chi connectivity index (χ3v) is 4.98. The fourth-order valence-electron chi connectivity index (χ4n) is 3.43. The van der Waals surface area contributed by atoms with Crippen LogP contribution in [0.2, 0.25) is 5.02 Å². The van der Waals surface area contributed by atoms with E-state index >= 15 is 0 Å². The van der Waals surface area contributed by atoms with Gasteiger partial charge < -0.3 is 10.1 Å². The van der Waals surface area contributed by atoms with E-state index in [1.165, 1.54) is 5.56 Å². The van der Waals surface area contributed by atoms with Crippen LogP contribution in [0.4, 0.5) is 0 Å². The van der Waals surface area contributed by atoms with Crippen molar-refractivity contribution in [2.24, 2.45) is 5.92 Å². The first-order valence-corrected chi connectivity index (χ1v) is 8.94. The standard InChI is InChI=1S/C18H25ClN2O2/c19-16-7-5-14(6-8-16)12-21-9-1-3-15(13-21)18(22)20-11-17-4-2-10-23-17/h5-8,15,17H,1-4,9-13H2,(H,20,22)/t15-,17+/m1/s1. The van der Waals surface area contributed by atoms with Crippen LogP contribution < -0.4 is 5.32 Å². The van der Waals surface area contributed by atoms with Crippen molar-refractivity contribution in [2.45, 2.75) is 38.3 Å². The van der Waals surface area contributed by atoms with E-state index in [-0.39, 0.29) is 17.9 Å². The van der Waals surface area contributed by atoms with Crippen LogP contribution in [0.25, 0.3) is 0 Å². The summed E-state index contributed by atoms with van der Waals surface area (Å²) in [6, 6.07) is 7.96. The van der Waals surface area contributed by atoms with Crippen molar-refractivity contribution < 1.29 is 9.53 Å². The topological polar surface area (TPSA) is 41.6 Å². The molecule has 0 aliphatic carbocycles. The summed E-state index contributed by atoms with van der Waals surface area (Å²) in [5.41, 5.74) is 1.25. The molecule has 2 saturated heterocycles. The van der Waals surface area contributed by atoms with Crippen LogP contribution in [0.3, 0.4) is 0 Å². The molecule has 126 valence electrons. The summed E-state index contributed by atoms with van der Waals surface area (Å²) in [5, 5.41) is 3.84. The number of carbonyl (C=O) groups excluding carboxylic acids is 1. The minimum atomic E-state index is 0.0949. The second-order valence-corrected chi connectivity index (χ2v) is 7.02. The van der Waals surface area contributed by atoms with Gasteiger partial charge in [-0.05, 0) is 49.9 Å². The van der Waals surface area contributed by atoms with Crippen LogP contribution in [0, 0.1) is 5.92 Å². The molecule has 5 heteroatoms. The zero-order chi connectivity index (χ0) is 16.1. The maximum absolute atomic E-state index is 12.4. The first-order valence-electron chi connectivity index (χ1n) is 8.57. The molecule has 0 saturated carbocycles. The summed E-state index contributed by atoms with van der Waals surface area (Å²) >= 11 is 5.93. The Labute approximate surface area is 143 Å². The molecule has 23 heavy (non-hydrogen) atoms. The minimum Gasteiger partial charge on any atom is -0.376 e. The van der Waals surface area contributed by atoms with Crippen LogP contribution in [0.5, 0.6) is 0 Å². The van der Waals surface area contributed by atoms with Crippen LogP contribution >= 0.6 is 11.6 Å². The average molecular weight is 337 g/mol. The summed E-state index contributed by atoms with van der Waals surface area (Å²) in [4.78, 5) is 14.8. The molecule has 2 aliphatic rings. The highest BCUT2D eigenvalue weighted by molar-refractivity contribution is 6.30. The molecule has 2 aliphatic heterocycles. The molecule has 0 unspecified atom stereocenters. The number of likely N-dealkylation sites (tertiary alicyclic amines) is 1. The lowest BCUT2D eigenvalue weighted by Gasteiger charge is -2.32. The molecule has 1 aromatic carbocycles. The van der Waals surface area contributed by atoms with Gasteiger partial charge in [-0.15, -0.1) is 0 Å². The Bertz CT molecular complexity index is 514. The van der Waals surface area contributed by atoms with Crippen molar-refractivity contribution in [3.63, 3.8) is 0 Å². The Morgan fingerprint density at radius 1 is 1.26 bits per heavy atom. The van der Waals surface area contributed by atoms with Crippen LogP contribution in [0.1, 0.15) is 31.2 Å². The number of hydrogen-bond donors (Lipinski definition) is 1. The van der Waals surface area contributed by atoms with Gasteiger partial charge in [0.15, 0.2) is 0 Å². The molecule has 0 bridgehead atoms. The predicted molar refractivity (Wildman–Crippen MR) is 91.4 cm³/mol. The molecule has 3 rings (SSSR count). The number of halogens is 1. The lowest BCUT2D eigenvalue weighted by molar-refractivity contribution is -0.127. The van der Waals surface area contributed by atoms with Crippen LogP contribution in [-0.4, -0.2) is 43.2 Å². The third kappa shape index (κ3) is 4.93. The molecule has 1 amide bonds. The van der Waals surface area contributed by atoms with E-state index in [9.17, 15) is 4.79 Å². The molecule has 1 aromatic rings. The van der Waals surface area contributed by atoms with Crippen molar-refractivity contribution in [2.75, 3.05) is 26.2 Å². The van der Waals surface area contributed by atoms with Crippen LogP contribution in [0.15, 0.2) is 24.3 Å². The summed E-state index contributed by atoms with van der Waals surface area (Å²) in [7, 11) is 0. The number of nitrogens with one attached hydrogen (secondary N) is 1. The number of hydrogen-bond acceptors (Lipinski definition) is 3. The number of carbonyl (C=O) groups is 1. The van der Waals surface area contributed by atoms with E-state index in [1.807, 2.05) is 12.1 Å². The number of piperidine rings is 1. The molecule has 0 radical (unpaired) electrons. The van der Waals surface area contributed by atoms with Gasteiger partial charge in [-0.3, -0.25) is 9.69 Å². The average Bonchev–Trinajstić information content (AvgIpc) is 3.08. The summed E-state index contributed by atoms with van der Waals surface area (Å²) < 4.78 is 5.56. The van der Waals surface area contributed by atoms with Gasteiger partial charge in [-0.25, -0.2) is 0 Å². The van der Waals surface area contributed by atoms with Crippen molar-refractivity contribution in [3.8, 4) is 0 Å². The van der Waals surface area contributed by atoms with Gasteiger partial charge >= 0.3 is 0 Å². The van der Waals surface area contributed by atoms with Gasteiger partial charge in [0.25, 0.3) is 0 Å². The zero-order valence-electron chi connectivity index (χ0n) is 13.5. The largest absolute Gasteiger partial charge is 0.376 e. The van der Waals surface area contributed by atoms with E-state index in [4.69, 9.17) is 16.3 Å². The normalized spacial score (nSPS) is 25.4. The highest BCUT2D eigenvalue weighted by Gasteiger charge is 2.26. The maximum atomic E-state index is 12.4. The Hall–Kier alpha value is -1.10. The monoisotopic (exact) mass is 336 g/mol. The Morgan fingerprint density at radius 2 is 2.09 bits per heavy atom. The molecule has 0 aromatic heterocycles. The van der Waals surface area contributed by atoms with E-state index in [0.717, 1.165) is 56.9 Å². The Kier molecular flexibility index (Phi) is 5.92. The lowest BCUT2D eigenvalue weighted by atomic mass is 9.96. The van der Waals surface area contributed by atoms with Gasteiger partial charge in [0.2, 0.25) is 5.91 Å². The van der Waals surface area contributed by atoms with E-state index in [0.29, 0.717) is 6.54 Å². The zero-order valence-corrected chi connectivity index (χ0v) is 14.2. The van der Waals surface area contributed by atoms with Crippen molar-refractivity contribution in [1.29, 1.82) is 0 Å². The molecule has 2 heterocycles. The van der Waals surface area contributed by atoms with Crippen molar-refractivity contribution >= 4 is 17.5 Å². The maximum Gasteiger partial charge on any atom is 0.224 e. The van der Waals surface area contributed by atoms with E-state index in [1.54, 1.807) is 0 Å². The van der Waals surface area contributed by atoms with E-state index < -0.39 is 0 Å². The van der Waals surface area contributed by atoms with Gasteiger partial charge in [-0.1, -0.05) is 23.7 Å². The highest BCUT2D eigenvalue weighted by Crippen LogP contribution is 2.20. The van der Waals surface area contributed by atoms with Crippen LogP contribution in [-0.2, 0) is 16.1 Å². The first kappa shape index (κ1) is 16.7. The number of amides is 1. The Balaban J connectivity index is 1.46. The quantitative estimate of drug-likeness (QED) is 0.899. The lowest BCUT2D eigenvalue weighted by Crippen LogP contribution is -2.44. The molecular formula is C18H25ClN2O2. The number of benzene rings is 1. The number of nitrogens with zero attached hydrogens (tertiary/aromatic N) is 1. The van der Waals surface area contributed by atoms with Gasteiger partial charge in [0, 0.05) is 31.3 Å². The van der Waals surface area contributed by atoms with Gasteiger partial charge in [0.1, 0.15) is 0 Å². The fourth-order valence-corrected chi connectivity index (χ4v) is 3.55. The molecule has 2 atom stereocenters. The second-order valence-electron chi connectivity index (χ2n) is 6.58. The molecule has 0 spiro atoms. The summed E-state index contributed by atoms with van der Waals surface area (Å²) in [6.07, 6.45) is 4.44. The number of ether oxygens (including phenoxy) is 1. The van der Waals surface area contributed by atoms with Crippen molar-refractivity contribution in [3.05, 3.63) is 34.9 Å².